The van der Waals surface area contributed by atoms with Gasteiger partial charge in [-0.15, -0.1) is 10.2 Å². The van der Waals surface area contributed by atoms with Gasteiger partial charge in [0.05, 0.1) is 13.0 Å². The second kappa shape index (κ2) is 12.3. The maximum absolute atomic E-state index is 12.3. The van der Waals surface area contributed by atoms with Crippen molar-refractivity contribution in [2.75, 3.05) is 18.5 Å². The van der Waals surface area contributed by atoms with Gasteiger partial charge in [0.15, 0.2) is 0 Å². The van der Waals surface area contributed by atoms with Gasteiger partial charge < -0.3 is 19.8 Å². The van der Waals surface area contributed by atoms with Crippen molar-refractivity contribution in [3.05, 3.63) is 65.5 Å². The van der Waals surface area contributed by atoms with E-state index >= 15 is 0 Å². The van der Waals surface area contributed by atoms with Crippen LogP contribution in [0.5, 0.6) is 0 Å². The number of nitrogens with zero attached hydrogens (tertiary/aromatic N) is 2. The quantitative estimate of drug-likeness (QED) is 0.357. The number of esters is 1. The predicted octanol–water partition coefficient (Wildman–Crippen LogP) is 5.15. The molecule has 8 heteroatoms. The third-order valence-corrected chi connectivity index (χ3v) is 5.68. The van der Waals surface area contributed by atoms with E-state index in [9.17, 15) is 9.59 Å². The standard InChI is InChI=1S/C28H36N4O4/c1-6-22(18-19-8-10-21(11-9-19)26-31-32-27(36-26)28(3,4)5)30-23-14-12-20(13-15-23)25(34)29-17-16-24(33)35-7-2/h8-15,22,30H,6-7,16-18H2,1-5H3,(H,29,34). The Morgan fingerprint density at radius 3 is 2.28 bits per heavy atom. The van der Waals surface area contributed by atoms with Crippen molar-refractivity contribution in [3.63, 3.8) is 0 Å². The Kier molecular flexibility index (Phi) is 9.22. The van der Waals surface area contributed by atoms with Crippen LogP contribution in [0.3, 0.4) is 0 Å². The number of ether oxygens (including phenoxy) is 1. The lowest BCUT2D eigenvalue weighted by molar-refractivity contribution is -0.142. The van der Waals surface area contributed by atoms with E-state index in [4.69, 9.17) is 9.15 Å². The molecule has 3 rings (SSSR count). The van der Waals surface area contributed by atoms with E-state index in [1.807, 2.05) is 45.0 Å². The normalized spacial score (nSPS) is 12.1. The Labute approximate surface area is 212 Å². The molecular weight excluding hydrogens is 456 g/mol. The number of nitrogens with one attached hydrogen (secondary N) is 2. The van der Waals surface area contributed by atoms with Crippen molar-refractivity contribution >= 4 is 17.6 Å². The number of hydrogen-bond donors (Lipinski definition) is 2. The van der Waals surface area contributed by atoms with Crippen LogP contribution in [0.25, 0.3) is 11.5 Å². The molecule has 8 nitrogen and oxygen atoms in total. The maximum atomic E-state index is 12.3. The summed E-state index contributed by atoms with van der Waals surface area (Å²) in [7, 11) is 0. The minimum Gasteiger partial charge on any atom is -0.466 e. The van der Waals surface area contributed by atoms with Gasteiger partial charge in [-0.3, -0.25) is 9.59 Å². The molecule has 1 amide bonds. The molecule has 0 aliphatic carbocycles. The minimum atomic E-state index is -0.318. The van der Waals surface area contributed by atoms with Crippen LogP contribution in [-0.2, 0) is 21.4 Å². The van der Waals surface area contributed by atoms with Gasteiger partial charge >= 0.3 is 5.97 Å². The molecule has 3 aromatic rings. The van der Waals surface area contributed by atoms with Gasteiger partial charge in [-0.05, 0) is 61.7 Å². The third-order valence-electron chi connectivity index (χ3n) is 5.68. The number of carbonyl (C=O) groups excluding carboxylic acids is 2. The topological polar surface area (TPSA) is 106 Å². The number of rotatable bonds is 11. The Morgan fingerprint density at radius 1 is 1.00 bits per heavy atom. The summed E-state index contributed by atoms with van der Waals surface area (Å²) in [5, 5.41) is 14.6. The average molecular weight is 493 g/mol. The van der Waals surface area contributed by atoms with Crippen molar-refractivity contribution in [1.82, 2.24) is 15.5 Å². The maximum Gasteiger partial charge on any atom is 0.307 e. The Bertz CT molecular complexity index is 1130. The average Bonchev–Trinajstić information content (AvgIpc) is 3.36. The fraction of sp³-hybridized carbons (Fsp3) is 0.429. The molecule has 192 valence electrons. The van der Waals surface area contributed by atoms with Crippen molar-refractivity contribution in [2.45, 2.75) is 65.3 Å². The fourth-order valence-corrected chi connectivity index (χ4v) is 3.58. The number of carbonyl (C=O) groups is 2. The van der Waals surface area contributed by atoms with E-state index in [0.29, 0.717) is 24.0 Å². The van der Waals surface area contributed by atoms with Crippen molar-refractivity contribution < 1.29 is 18.7 Å². The first-order valence-corrected chi connectivity index (χ1v) is 12.4. The molecule has 1 aromatic heterocycles. The zero-order chi connectivity index (χ0) is 26.1. The van der Waals surface area contributed by atoms with Gasteiger partial charge in [-0.2, -0.15) is 0 Å². The highest BCUT2D eigenvalue weighted by atomic mass is 16.5. The summed E-state index contributed by atoms with van der Waals surface area (Å²) in [6.07, 6.45) is 1.95. The molecular formula is C28H36N4O4. The first kappa shape index (κ1) is 26.9. The number of hydrogen-bond acceptors (Lipinski definition) is 7. The number of amides is 1. The number of anilines is 1. The Hall–Kier alpha value is -3.68. The minimum absolute atomic E-state index is 0.158. The van der Waals surface area contributed by atoms with Crippen LogP contribution in [0.1, 0.15) is 69.3 Å². The number of aromatic nitrogens is 2. The molecule has 0 fully saturated rings. The highest BCUT2D eigenvalue weighted by Gasteiger charge is 2.22. The van der Waals surface area contributed by atoms with Crippen molar-refractivity contribution in [2.24, 2.45) is 0 Å². The monoisotopic (exact) mass is 492 g/mol. The highest BCUT2D eigenvalue weighted by molar-refractivity contribution is 5.94. The molecule has 1 unspecified atom stereocenters. The largest absolute Gasteiger partial charge is 0.466 e. The van der Waals surface area contributed by atoms with E-state index in [2.05, 4.69) is 39.9 Å². The molecule has 0 bridgehead atoms. The summed E-state index contributed by atoms with van der Waals surface area (Å²) in [6, 6.07) is 15.8. The van der Waals surface area contributed by atoms with Crippen LogP contribution >= 0.6 is 0 Å². The second-order valence-electron chi connectivity index (χ2n) is 9.70. The molecule has 0 saturated heterocycles. The van der Waals surface area contributed by atoms with E-state index < -0.39 is 0 Å². The molecule has 36 heavy (non-hydrogen) atoms. The first-order valence-electron chi connectivity index (χ1n) is 12.4. The van der Waals surface area contributed by atoms with Crippen molar-refractivity contribution in [1.29, 1.82) is 0 Å². The smallest absolute Gasteiger partial charge is 0.307 e. The van der Waals surface area contributed by atoms with Crippen LogP contribution in [0.4, 0.5) is 5.69 Å². The predicted molar refractivity (Wildman–Crippen MR) is 140 cm³/mol. The summed E-state index contributed by atoms with van der Waals surface area (Å²) >= 11 is 0. The molecule has 2 aromatic carbocycles. The van der Waals surface area contributed by atoms with Crippen LogP contribution in [-0.4, -0.2) is 41.3 Å². The van der Waals surface area contributed by atoms with Crippen LogP contribution < -0.4 is 10.6 Å². The summed E-state index contributed by atoms with van der Waals surface area (Å²) in [4.78, 5) is 23.7. The highest BCUT2D eigenvalue weighted by Crippen LogP contribution is 2.25. The molecule has 2 N–H and O–H groups in total. The van der Waals surface area contributed by atoms with E-state index in [1.54, 1.807) is 19.1 Å². The van der Waals surface area contributed by atoms with E-state index in [0.717, 1.165) is 24.1 Å². The van der Waals surface area contributed by atoms with Gasteiger partial charge in [0.1, 0.15) is 0 Å². The summed E-state index contributed by atoms with van der Waals surface area (Å²) in [6.45, 7) is 10.6. The van der Waals surface area contributed by atoms with E-state index in [1.165, 1.54) is 5.56 Å². The molecule has 0 saturated carbocycles. The van der Waals surface area contributed by atoms with E-state index in [-0.39, 0.29) is 36.3 Å². The van der Waals surface area contributed by atoms with Crippen LogP contribution in [0.15, 0.2) is 52.9 Å². The Balaban J connectivity index is 1.53. The molecule has 1 atom stereocenters. The molecule has 0 aliphatic rings. The van der Waals surface area contributed by atoms with Gasteiger partial charge in [0, 0.05) is 34.8 Å². The lowest BCUT2D eigenvalue weighted by Crippen LogP contribution is -2.26. The van der Waals surface area contributed by atoms with Crippen LogP contribution in [0.2, 0.25) is 0 Å². The summed E-state index contributed by atoms with van der Waals surface area (Å²) in [5.74, 6) is 0.620. The molecule has 0 spiro atoms. The van der Waals surface area contributed by atoms with Gasteiger partial charge in [0.25, 0.3) is 5.91 Å². The van der Waals surface area contributed by atoms with Gasteiger partial charge in [0.2, 0.25) is 11.8 Å². The molecule has 0 radical (unpaired) electrons. The SMILES string of the molecule is CCOC(=O)CCNC(=O)c1ccc(NC(CC)Cc2ccc(-c3nnc(C(C)(C)C)o3)cc2)cc1. The zero-order valence-electron chi connectivity index (χ0n) is 21.8. The van der Waals surface area contributed by atoms with Gasteiger partial charge in [-0.1, -0.05) is 39.8 Å². The zero-order valence-corrected chi connectivity index (χ0v) is 21.8. The summed E-state index contributed by atoms with van der Waals surface area (Å²) in [5.41, 5.74) is 3.41. The summed E-state index contributed by atoms with van der Waals surface area (Å²) < 4.78 is 10.7. The number of benzene rings is 2. The molecule has 1 heterocycles. The molecule has 0 aliphatic heterocycles. The second-order valence-corrected chi connectivity index (χ2v) is 9.70. The van der Waals surface area contributed by atoms with Gasteiger partial charge in [-0.25, -0.2) is 0 Å². The lowest BCUT2D eigenvalue weighted by atomic mass is 9.97. The Morgan fingerprint density at radius 2 is 1.69 bits per heavy atom. The lowest BCUT2D eigenvalue weighted by Gasteiger charge is -2.19. The van der Waals surface area contributed by atoms with Crippen LogP contribution in [0, 0.1) is 0 Å². The first-order chi connectivity index (χ1) is 17.2. The van der Waals surface area contributed by atoms with Crippen molar-refractivity contribution in [3.8, 4) is 11.5 Å². The third kappa shape index (κ3) is 7.66. The fourth-order valence-electron chi connectivity index (χ4n) is 3.58.